The van der Waals surface area contributed by atoms with Gasteiger partial charge >= 0.3 is 0 Å². The highest BCUT2D eigenvalue weighted by atomic mass is 16.5. The number of hydrogen-bond donors (Lipinski definition) is 1. The molecule has 1 unspecified atom stereocenters. The number of aliphatic hydroxyl groups is 1. The summed E-state index contributed by atoms with van der Waals surface area (Å²) in [6.07, 6.45) is 0.404. The van der Waals surface area contributed by atoms with Crippen LogP contribution in [0.25, 0.3) is 0 Å². The molecule has 0 aliphatic carbocycles. The van der Waals surface area contributed by atoms with Gasteiger partial charge in [-0.05, 0) is 11.8 Å². The second-order valence-corrected chi connectivity index (χ2v) is 5.04. The molecule has 5 heteroatoms. The predicted molar refractivity (Wildman–Crippen MR) is 57.6 cm³/mol. The minimum absolute atomic E-state index is 0.0418. The van der Waals surface area contributed by atoms with E-state index in [-0.39, 0.29) is 43.1 Å². The molecule has 0 aromatic rings. The summed E-state index contributed by atoms with van der Waals surface area (Å²) in [7, 11) is 0. The number of morpholine rings is 1. The molecule has 2 amide bonds. The lowest BCUT2D eigenvalue weighted by atomic mass is 9.83. The van der Waals surface area contributed by atoms with Gasteiger partial charge in [0.15, 0.2) is 0 Å². The predicted octanol–water partition coefficient (Wildman–Crippen LogP) is 0.169. The van der Waals surface area contributed by atoms with Crippen LogP contribution in [0.2, 0.25) is 0 Å². The molecule has 16 heavy (non-hydrogen) atoms. The number of imide groups is 1. The Bertz CT molecular complexity index is 266. The summed E-state index contributed by atoms with van der Waals surface area (Å²) in [5.41, 5.74) is -0.245. The Morgan fingerprint density at radius 3 is 2.19 bits per heavy atom. The van der Waals surface area contributed by atoms with Crippen molar-refractivity contribution in [3.63, 3.8) is 0 Å². The van der Waals surface area contributed by atoms with E-state index in [0.717, 1.165) is 0 Å². The van der Waals surface area contributed by atoms with Crippen LogP contribution in [0.5, 0.6) is 0 Å². The zero-order valence-corrected chi connectivity index (χ0v) is 10.0. The Balaban J connectivity index is 2.91. The number of carbonyl (C=O) groups is 2. The molecule has 0 saturated carbocycles. The molecule has 1 fully saturated rings. The van der Waals surface area contributed by atoms with Crippen LogP contribution in [0.15, 0.2) is 0 Å². The summed E-state index contributed by atoms with van der Waals surface area (Å²) in [5, 5.41) is 9.02. The minimum Gasteiger partial charge on any atom is -0.396 e. The van der Waals surface area contributed by atoms with Gasteiger partial charge in [0, 0.05) is 12.6 Å². The summed E-state index contributed by atoms with van der Waals surface area (Å²) < 4.78 is 4.86. The second-order valence-electron chi connectivity index (χ2n) is 5.04. The molecule has 1 aliphatic heterocycles. The Hall–Kier alpha value is -0.940. The summed E-state index contributed by atoms with van der Waals surface area (Å²) in [6, 6.07) is -0.276. The molecule has 92 valence electrons. The highest BCUT2D eigenvalue weighted by molar-refractivity contribution is 5.98. The van der Waals surface area contributed by atoms with Gasteiger partial charge in [-0.15, -0.1) is 0 Å². The maximum Gasteiger partial charge on any atom is 0.255 e. The van der Waals surface area contributed by atoms with E-state index >= 15 is 0 Å². The van der Waals surface area contributed by atoms with Gasteiger partial charge in [0.1, 0.15) is 13.2 Å². The Morgan fingerprint density at radius 1 is 1.31 bits per heavy atom. The van der Waals surface area contributed by atoms with E-state index in [2.05, 4.69) is 0 Å². The van der Waals surface area contributed by atoms with E-state index < -0.39 is 0 Å². The van der Waals surface area contributed by atoms with Crippen LogP contribution < -0.4 is 0 Å². The largest absolute Gasteiger partial charge is 0.396 e. The molecule has 5 nitrogen and oxygen atoms in total. The van der Waals surface area contributed by atoms with Gasteiger partial charge in [-0.25, -0.2) is 0 Å². The minimum atomic E-state index is -0.315. The van der Waals surface area contributed by atoms with Gasteiger partial charge in [0.05, 0.1) is 0 Å². The van der Waals surface area contributed by atoms with Crippen molar-refractivity contribution in [3.05, 3.63) is 0 Å². The highest BCUT2D eigenvalue weighted by Crippen LogP contribution is 2.28. The van der Waals surface area contributed by atoms with Crippen molar-refractivity contribution < 1.29 is 19.4 Å². The van der Waals surface area contributed by atoms with Crippen LogP contribution >= 0.6 is 0 Å². The van der Waals surface area contributed by atoms with Crippen molar-refractivity contribution in [2.75, 3.05) is 19.8 Å². The maximum atomic E-state index is 11.7. The molecule has 1 atom stereocenters. The number of rotatable bonds is 3. The average molecular weight is 229 g/mol. The number of carbonyl (C=O) groups excluding carboxylic acids is 2. The fraction of sp³-hybridized carbons (Fsp3) is 0.818. The van der Waals surface area contributed by atoms with Gasteiger partial charge in [0.2, 0.25) is 0 Å². The molecule has 0 aromatic heterocycles. The number of ether oxygens (including phenoxy) is 1. The molecule has 0 radical (unpaired) electrons. The van der Waals surface area contributed by atoms with Crippen LogP contribution in [0.1, 0.15) is 27.2 Å². The fourth-order valence-corrected chi connectivity index (χ4v) is 1.92. The van der Waals surface area contributed by atoms with Crippen molar-refractivity contribution in [2.24, 2.45) is 5.41 Å². The van der Waals surface area contributed by atoms with Crippen molar-refractivity contribution >= 4 is 11.8 Å². The average Bonchev–Trinajstić information content (AvgIpc) is 2.14. The van der Waals surface area contributed by atoms with Crippen molar-refractivity contribution in [1.82, 2.24) is 4.90 Å². The topological polar surface area (TPSA) is 66.8 Å². The van der Waals surface area contributed by atoms with Crippen molar-refractivity contribution in [1.29, 1.82) is 0 Å². The Morgan fingerprint density at radius 2 is 1.81 bits per heavy atom. The third-order valence-electron chi connectivity index (χ3n) is 2.70. The van der Waals surface area contributed by atoms with E-state index in [4.69, 9.17) is 9.84 Å². The Kier molecular flexibility index (Phi) is 4.04. The lowest BCUT2D eigenvalue weighted by Crippen LogP contribution is -2.55. The normalized spacial score (nSPS) is 20.1. The SMILES string of the molecule is CC(C)(C)C(CCO)N1C(=O)COCC1=O. The maximum absolute atomic E-state index is 11.7. The van der Waals surface area contributed by atoms with Crippen LogP contribution in [0, 0.1) is 5.41 Å². The summed E-state index contributed by atoms with van der Waals surface area (Å²) in [6.45, 7) is 5.70. The quantitative estimate of drug-likeness (QED) is 0.700. The van der Waals surface area contributed by atoms with Crippen LogP contribution in [-0.4, -0.2) is 47.7 Å². The van der Waals surface area contributed by atoms with Gasteiger partial charge in [-0.2, -0.15) is 0 Å². The number of hydrogen-bond acceptors (Lipinski definition) is 4. The third-order valence-corrected chi connectivity index (χ3v) is 2.70. The van der Waals surface area contributed by atoms with E-state index in [1.54, 1.807) is 0 Å². The second kappa shape index (κ2) is 4.93. The highest BCUT2D eigenvalue weighted by Gasteiger charge is 2.38. The molecule has 1 rings (SSSR count). The zero-order valence-electron chi connectivity index (χ0n) is 10.0. The lowest BCUT2D eigenvalue weighted by Gasteiger charge is -2.40. The molecule has 1 saturated heterocycles. The van der Waals surface area contributed by atoms with Gasteiger partial charge < -0.3 is 9.84 Å². The van der Waals surface area contributed by atoms with E-state index in [0.29, 0.717) is 6.42 Å². The fourth-order valence-electron chi connectivity index (χ4n) is 1.92. The zero-order chi connectivity index (χ0) is 12.3. The van der Waals surface area contributed by atoms with Crippen LogP contribution in [0.4, 0.5) is 0 Å². The van der Waals surface area contributed by atoms with Gasteiger partial charge in [0.25, 0.3) is 11.8 Å². The first-order valence-corrected chi connectivity index (χ1v) is 5.41. The molecular formula is C11H19NO4. The van der Waals surface area contributed by atoms with Gasteiger partial charge in [-0.1, -0.05) is 20.8 Å². The molecular weight excluding hydrogens is 210 g/mol. The number of nitrogens with zero attached hydrogens (tertiary/aromatic N) is 1. The third kappa shape index (κ3) is 2.80. The Labute approximate surface area is 95.4 Å². The van der Waals surface area contributed by atoms with Crippen LogP contribution in [-0.2, 0) is 14.3 Å². The first-order valence-electron chi connectivity index (χ1n) is 5.41. The van der Waals surface area contributed by atoms with Crippen molar-refractivity contribution in [3.8, 4) is 0 Å². The van der Waals surface area contributed by atoms with E-state index in [9.17, 15) is 9.59 Å². The molecule has 0 aromatic carbocycles. The summed E-state index contributed by atoms with van der Waals surface area (Å²) in [5.74, 6) is -0.630. The summed E-state index contributed by atoms with van der Waals surface area (Å²) in [4.78, 5) is 24.6. The smallest absolute Gasteiger partial charge is 0.255 e. The molecule has 0 bridgehead atoms. The standard InChI is InChI=1S/C11H19NO4/c1-11(2,3)8(4-5-13)12-9(14)6-16-7-10(12)15/h8,13H,4-7H2,1-3H3. The number of amides is 2. The molecule has 1 N–H and O–H groups in total. The first-order chi connectivity index (χ1) is 7.38. The number of aliphatic hydroxyl groups excluding tert-OH is 1. The first kappa shape index (κ1) is 13.1. The molecule has 0 spiro atoms. The molecule has 1 heterocycles. The summed E-state index contributed by atoms with van der Waals surface area (Å²) >= 11 is 0. The molecule has 1 aliphatic rings. The van der Waals surface area contributed by atoms with Crippen LogP contribution in [0.3, 0.4) is 0 Å². The van der Waals surface area contributed by atoms with Gasteiger partial charge in [-0.3, -0.25) is 14.5 Å². The lowest BCUT2D eigenvalue weighted by molar-refractivity contribution is -0.164. The van der Waals surface area contributed by atoms with Crippen molar-refractivity contribution in [2.45, 2.75) is 33.2 Å². The van der Waals surface area contributed by atoms with E-state index in [1.807, 2.05) is 20.8 Å². The van der Waals surface area contributed by atoms with E-state index in [1.165, 1.54) is 4.90 Å². The monoisotopic (exact) mass is 229 g/mol.